The van der Waals surface area contributed by atoms with Gasteiger partial charge in [-0.2, -0.15) is 0 Å². The van der Waals surface area contributed by atoms with Crippen LogP contribution in [0.1, 0.15) is 0 Å². The van der Waals surface area contributed by atoms with E-state index >= 15 is 0 Å². The Morgan fingerprint density at radius 3 is 2.39 bits per heavy atom. The third kappa shape index (κ3) is 1.50. The van der Waals surface area contributed by atoms with E-state index in [1.54, 1.807) is 0 Å². The molecule has 4 nitrogen and oxygen atoms in total. The summed E-state index contributed by atoms with van der Waals surface area (Å²) in [4.78, 5) is 0. The van der Waals surface area contributed by atoms with Gasteiger partial charge in [-0.25, -0.2) is 5.09 Å². The molecule has 2 N–H and O–H groups in total. The number of nitrogens with one attached hydrogen (secondary N) is 2. The highest BCUT2D eigenvalue weighted by atomic mass is 31.2. The summed E-state index contributed by atoms with van der Waals surface area (Å²) in [6, 6.07) is 15.9. The van der Waals surface area contributed by atoms with Crippen LogP contribution in [0.15, 0.2) is 48.5 Å². The van der Waals surface area contributed by atoms with Crippen molar-refractivity contribution in [2.24, 2.45) is 0 Å². The Labute approximate surface area is 106 Å². The molecule has 2 aromatic rings. The van der Waals surface area contributed by atoms with E-state index in [-0.39, 0.29) is 5.97 Å². The molecule has 2 atom stereocenters. The van der Waals surface area contributed by atoms with E-state index in [1.807, 2.05) is 48.5 Å². The first-order chi connectivity index (χ1) is 8.90. The molecule has 2 unspecified atom stereocenters. The lowest BCUT2D eigenvalue weighted by Crippen LogP contribution is -2.21. The Morgan fingerprint density at radius 2 is 1.61 bits per heavy atom. The fourth-order valence-electron chi connectivity index (χ4n) is 2.16. The van der Waals surface area contributed by atoms with Gasteiger partial charge < -0.3 is 14.6 Å². The SMILES string of the molecule is c1ccc2c(c1)NC([PH+]1Nc3ccccc3O1)O2. The van der Waals surface area contributed by atoms with Crippen LogP contribution in [0, 0.1) is 0 Å². The van der Waals surface area contributed by atoms with E-state index in [4.69, 9.17) is 9.26 Å². The van der Waals surface area contributed by atoms with E-state index in [0.29, 0.717) is 0 Å². The summed E-state index contributed by atoms with van der Waals surface area (Å²) in [5.41, 5.74) is 2.08. The highest BCUT2D eigenvalue weighted by molar-refractivity contribution is 7.55. The smallest absolute Gasteiger partial charge is 0.336 e. The Hall–Kier alpha value is -1.93. The molecule has 18 heavy (non-hydrogen) atoms. The number of ether oxygens (including phenoxy) is 1. The van der Waals surface area contributed by atoms with Gasteiger partial charge in [0.05, 0.1) is 5.69 Å². The van der Waals surface area contributed by atoms with Crippen LogP contribution < -0.4 is 19.7 Å². The normalized spacial score (nSPS) is 23.1. The van der Waals surface area contributed by atoms with Gasteiger partial charge in [0, 0.05) is 0 Å². The molecule has 0 amide bonds. The third-order valence-corrected chi connectivity index (χ3v) is 4.72. The molecule has 2 aromatic carbocycles. The van der Waals surface area contributed by atoms with Crippen LogP contribution in [0.5, 0.6) is 11.5 Å². The second-order valence-electron chi connectivity index (χ2n) is 4.23. The molecule has 2 aliphatic heterocycles. The van der Waals surface area contributed by atoms with Gasteiger partial charge in [-0.1, -0.05) is 24.3 Å². The van der Waals surface area contributed by atoms with Crippen LogP contribution in [0.3, 0.4) is 0 Å². The Bertz CT molecular complexity index is 502. The average molecular weight is 259 g/mol. The fourth-order valence-corrected chi connectivity index (χ4v) is 3.86. The molecule has 0 saturated carbocycles. The van der Waals surface area contributed by atoms with Crippen molar-refractivity contribution < 1.29 is 9.26 Å². The van der Waals surface area contributed by atoms with E-state index in [2.05, 4.69) is 10.4 Å². The van der Waals surface area contributed by atoms with Crippen molar-refractivity contribution in [1.82, 2.24) is 0 Å². The Morgan fingerprint density at radius 1 is 0.889 bits per heavy atom. The molecule has 0 saturated heterocycles. The molecule has 0 aromatic heterocycles. The highest BCUT2D eigenvalue weighted by Gasteiger charge is 2.42. The maximum atomic E-state index is 5.93. The molecule has 4 rings (SSSR count). The molecule has 2 aliphatic rings. The minimum absolute atomic E-state index is 0.111. The lowest BCUT2D eigenvalue weighted by atomic mass is 10.3. The highest BCUT2D eigenvalue weighted by Crippen LogP contribution is 2.55. The summed E-state index contributed by atoms with van der Waals surface area (Å²) in [5, 5.41) is 6.75. The van der Waals surface area contributed by atoms with Crippen LogP contribution in [-0.2, 0) is 0 Å². The van der Waals surface area contributed by atoms with Crippen molar-refractivity contribution in [2.75, 3.05) is 10.4 Å². The molecular formula is C13H12N2O2P+. The first kappa shape index (κ1) is 10.0. The van der Waals surface area contributed by atoms with Crippen molar-refractivity contribution >= 4 is 19.7 Å². The van der Waals surface area contributed by atoms with Crippen molar-refractivity contribution in [3.8, 4) is 11.5 Å². The number of hydrogen-bond donors (Lipinski definition) is 2. The van der Waals surface area contributed by atoms with Gasteiger partial charge in [-0.3, -0.25) is 0 Å². The summed E-state index contributed by atoms with van der Waals surface area (Å²) >= 11 is 0. The van der Waals surface area contributed by atoms with Gasteiger partial charge in [0.1, 0.15) is 11.4 Å². The van der Waals surface area contributed by atoms with Gasteiger partial charge in [0.25, 0.3) is 0 Å². The van der Waals surface area contributed by atoms with Crippen LogP contribution in [0.25, 0.3) is 0 Å². The fraction of sp³-hybridized carbons (Fsp3) is 0.0769. The summed E-state index contributed by atoms with van der Waals surface area (Å²) in [6.45, 7) is 0. The number of para-hydroxylation sites is 4. The maximum absolute atomic E-state index is 5.93. The van der Waals surface area contributed by atoms with E-state index < -0.39 is 8.30 Å². The standard InChI is InChI=1S/C13H11N2O2P/c1-3-7-11-9(5-1)14-13(16-11)18-15-10-6-2-4-8-12(10)17-18/h1-8,13-15H/p+1. The second kappa shape index (κ2) is 3.79. The molecule has 90 valence electrons. The predicted molar refractivity (Wildman–Crippen MR) is 73.5 cm³/mol. The maximum Gasteiger partial charge on any atom is 0.336 e. The Kier molecular flexibility index (Phi) is 2.11. The zero-order chi connectivity index (χ0) is 11.9. The number of hydrogen-bond acceptors (Lipinski definition) is 4. The number of benzene rings is 2. The minimum Gasteiger partial charge on any atom is -0.433 e. The van der Waals surface area contributed by atoms with Crippen molar-refractivity contribution in [3.63, 3.8) is 0 Å². The molecule has 0 fully saturated rings. The summed E-state index contributed by atoms with van der Waals surface area (Å²) < 4.78 is 11.8. The first-order valence-electron chi connectivity index (χ1n) is 5.83. The summed E-state index contributed by atoms with van der Waals surface area (Å²) in [5.74, 6) is 1.69. The second-order valence-corrected chi connectivity index (χ2v) is 5.93. The molecular weight excluding hydrogens is 247 g/mol. The minimum atomic E-state index is -1.30. The van der Waals surface area contributed by atoms with Gasteiger partial charge in [0.15, 0.2) is 0 Å². The van der Waals surface area contributed by atoms with Gasteiger partial charge in [-0.05, 0) is 24.3 Å². The molecule has 0 spiro atoms. The van der Waals surface area contributed by atoms with E-state index in [0.717, 1.165) is 22.9 Å². The quantitative estimate of drug-likeness (QED) is 0.771. The van der Waals surface area contributed by atoms with Gasteiger partial charge in [-0.15, -0.1) is 0 Å². The van der Waals surface area contributed by atoms with Gasteiger partial charge in [0.2, 0.25) is 5.75 Å². The lowest BCUT2D eigenvalue weighted by Gasteiger charge is -2.10. The third-order valence-electron chi connectivity index (χ3n) is 3.02. The summed E-state index contributed by atoms with van der Waals surface area (Å²) in [7, 11) is -1.30. The number of fused-ring (bicyclic) bond motifs is 2. The van der Waals surface area contributed by atoms with Crippen molar-refractivity contribution in [1.29, 1.82) is 0 Å². The zero-order valence-electron chi connectivity index (χ0n) is 9.51. The molecule has 5 heteroatoms. The van der Waals surface area contributed by atoms with Crippen LogP contribution >= 0.6 is 8.30 Å². The molecule has 2 heterocycles. The topological polar surface area (TPSA) is 42.5 Å². The van der Waals surface area contributed by atoms with Crippen LogP contribution in [-0.4, -0.2) is 5.97 Å². The van der Waals surface area contributed by atoms with Crippen LogP contribution in [0.2, 0.25) is 0 Å². The molecule has 0 aliphatic carbocycles. The van der Waals surface area contributed by atoms with Crippen LogP contribution in [0.4, 0.5) is 11.4 Å². The van der Waals surface area contributed by atoms with Crippen molar-refractivity contribution in [2.45, 2.75) is 5.97 Å². The predicted octanol–water partition coefficient (Wildman–Crippen LogP) is 3.32. The Balaban J connectivity index is 1.56. The number of rotatable bonds is 1. The first-order valence-corrected chi connectivity index (χ1v) is 7.32. The zero-order valence-corrected chi connectivity index (χ0v) is 10.5. The summed E-state index contributed by atoms with van der Waals surface area (Å²) in [6.07, 6.45) is 0. The average Bonchev–Trinajstić information content (AvgIpc) is 3.02. The lowest BCUT2D eigenvalue weighted by molar-refractivity contribution is 0.324. The molecule has 0 bridgehead atoms. The van der Waals surface area contributed by atoms with E-state index in [9.17, 15) is 0 Å². The van der Waals surface area contributed by atoms with Crippen molar-refractivity contribution in [3.05, 3.63) is 48.5 Å². The number of anilines is 2. The monoisotopic (exact) mass is 259 g/mol. The largest absolute Gasteiger partial charge is 0.433 e. The van der Waals surface area contributed by atoms with E-state index in [1.165, 1.54) is 0 Å². The molecule has 0 radical (unpaired) electrons. The van der Waals surface area contributed by atoms with Gasteiger partial charge >= 0.3 is 14.3 Å².